The largest absolute Gasteiger partial charge is 0.493 e. The normalized spacial score (nSPS) is 13.4. The van der Waals surface area contributed by atoms with Gasteiger partial charge in [-0.3, -0.25) is 9.36 Å². The fourth-order valence-electron chi connectivity index (χ4n) is 3.60. The predicted molar refractivity (Wildman–Crippen MR) is 129 cm³/mol. The molecule has 1 aliphatic carbocycles. The van der Waals surface area contributed by atoms with Crippen LogP contribution in [0.5, 0.6) is 11.5 Å². The lowest BCUT2D eigenvalue weighted by molar-refractivity contribution is 0.311. The van der Waals surface area contributed by atoms with Crippen LogP contribution in [-0.4, -0.2) is 28.3 Å². The number of methoxy groups -OCH3 is 1. The SMILES string of the molecule is CCOc1ccc(-c2nc(CSc3nc4ccccc4c(=O)n3C3CC3)cs2)cc1OC. The highest BCUT2D eigenvalue weighted by Gasteiger charge is 2.28. The van der Waals surface area contributed by atoms with Gasteiger partial charge in [-0.2, -0.15) is 0 Å². The molecular formula is C24H23N3O3S2. The maximum absolute atomic E-state index is 13.0. The maximum Gasteiger partial charge on any atom is 0.262 e. The van der Waals surface area contributed by atoms with Gasteiger partial charge in [-0.05, 0) is 50.1 Å². The molecule has 0 radical (unpaired) electrons. The number of thioether (sulfide) groups is 1. The molecule has 1 aliphatic rings. The topological polar surface area (TPSA) is 66.2 Å². The van der Waals surface area contributed by atoms with Gasteiger partial charge in [0.2, 0.25) is 0 Å². The second-order valence-electron chi connectivity index (χ2n) is 7.55. The number of nitrogens with zero attached hydrogens (tertiary/aromatic N) is 3. The minimum Gasteiger partial charge on any atom is -0.493 e. The first-order valence-electron chi connectivity index (χ1n) is 10.6. The summed E-state index contributed by atoms with van der Waals surface area (Å²) < 4.78 is 12.9. The van der Waals surface area contributed by atoms with Crippen LogP contribution < -0.4 is 15.0 Å². The van der Waals surface area contributed by atoms with Crippen molar-refractivity contribution in [1.82, 2.24) is 14.5 Å². The quantitative estimate of drug-likeness (QED) is 0.251. The summed E-state index contributed by atoms with van der Waals surface area (Å²) in [5.41, 5.74) is 2.76. The molecule has 8 heteroatoms. The summed E-state index contributed by atoms with van der Waals surface area (Å²) in [6.45, 7) is 2.54. The van der Waals surface area contributed by atoms with Crippen LogP contribution in [0.3, 0.4) is 0 Å². The van der Waals surface area contributed by atoms with Crippen LogP contribution in [0.25, 0.3) is 21.5 Å². The molecular weight excluding hydrogens is 442 g/mol. The Morgan fingerprint density at radius 3 is 2.78 bits per heavy atom. The van der Waals surface area contributed by atoms with Gasteiger partial charge in [0.05, 0.1) is 30.3 Å². The van der Waals surface area contributed by atoms with Crippen molar-refractivity contribution in [2.75, 3.05) is 13.7 Å². The molecule has 2 aromatic heterocycles. The van der Waals surface area contributed by atoms with E-state index in [4.69, 9.17) is 19.4 Å². The number of aromatic nitrogens is 3. The number of rotatable bonds is 8. The molecule has 0 aliphatic heterocycles. The first kappa shape index (κ1) is 21.0. The van der Waals surface area contributed by atoms with Crippen LogP contribution in [0.1, 0.15) is 31.5 Å². The molecule has 0 N–H and O–H groups in total. The summed E-state index contributed by atoms with van der Waals surface area (Å²) in [5.74, 6) is 2.08. The minimum atomic E-state index is 0.0565. The Bertz CT molecular complexity index is 1330. The van der Waals surface area contributed by atoms with Crippen molar-refractivity contribution in [3.8, 4) is 22.1 Å². The van der Waals surface area contributed by atoms with Gasteiger partial charge >= 0.3 is 0 Å². The average Bonchev–Trinajstić information content (AvgIpc) is 3.54. The van der Waals surface area contributed by atoms with Gasteiger partial charge in [-0.25, -0.2) is 9.97 Å². The van der Waals surface area contributed by atoms with E-state index in [2.05, 4.69) is 5.38 Å². The molecule has 2 aromatic carbocycles. The van der Waals surface area contributed by atoms with Crippen molar-refractivity contribution in [3.63, 3.8) is 0 Å². The zero-order valence-electron chi connectivity index (χ0n) is 17.9. The molecule has 164 valence electrons. The summed E-state index contributed by atoms with van der Waals surface area (Å²) >= 11 is 3.17. The zero-order chi connectivity index (χ0) is 22.1. The van der Waals surface area contributed by atoms with E-state index in [1.54, 1.807) is 30.2 Å². The first-order valence-corrected chi connectivity index (χ1v) is 12.4. The number of hydrogen-bond donors (Lipinski definition) is 0. The van der Waals surface area contributed by atoms with Crippen LogP contribution in [0, 0.1) is 0 Å². The summed E-state index contributed by atoms with van der Waals surface area (Å²) in [6.07, 6.45) is 2.07. The number of benzene rings is 2. The Morgan fingerprint density at radius 1 is 1.16 bits per heavy atom. The van der Waals surface area contributed by atoms with E-state index < -0.39 is 0 Å². The fraction of sp³-hybridized carbons (Fsp3) is 0.292. The highest BCUT2D eigenvalue weighted by molar-refractivity contribution is 7.98. The third kappa shape index (κ3) is 4.12. The smallest absolute Gasteiger partial charge is 0.262 e. The summed E-state index contributed by atoms with van der Waals surface area (Å²) in [5, 5.41) is 4.44. The third-order valence-electron chi connectivity index (χ3n) is 5.30. The highest BCUT2D eigenvalue weighted by atomic mass is 32.2. The Labute approximate surface area is 194 Å². The number of thiazole rings is 1. The first-order chi connectivity index (χ1) is 15.7. The number of ether oxygens (including phenoxy) is 2. The number of hydrogen-bond acceptors (Lipinski definition) is 7. The maximum atomic E-state index is 13.0. The second-order valence-corrected chi connectivity index (χ2v) is 9.35. The molecule has 0 bridgehead atoms. The van der Waals surface area contributed by atoms with E-state index in [0.29, 0.717) is 23.5 Å². The molecule has 5 rings (SSSR count). The van der Waals surface area contributed by atoms with Crippen LogP contribution in [-0.2, 0) is 5.75 Å². The lowest BCUT2D eigenvalue weighted by Gasteiger charge is -2.11. The van der Waals surface area contributed by atoms with Crippen LogP contribution in [0.2, 0.25) is 0 Å². The molecule has 0 saturated heterocycles. The van der Waals surface area contributed by atoms with Gasteiger partial charge in [-0.15, -0.1) is 11.3 Å². The molecule has 32 heavy (non-hydrogen) atoms. The van der Waals surface area contributed by atoms with Crippen molar-refractivity contribution in [2.45, 2.75) is 36.7 Å². The molecule has 0 amide bonds. The van der Waals surface area contributed by atoms with E-state index >= 15 is 0 Å². The van der Waals surface area contributed by atoms with Gasteiger partial charge < -0.3 is 9.47 Å². The van der Waals surface area contributed by atoms with Gasteiger partial charge in [0.1, 0.15) is 5.01 Å². The zero-order valence-corrected chi connectivity index (χ0v) is 19.5. The highest BCUT2D eigenvalue weighted by Crippen LogP contribution is 2.38. The van der Waals surface area contributed by atoms with Gasteiger partial charge in [-0.1, -0.05) is 23.9 Å². The minimum absolute atomic E-state index is 0.0565. The van der Waals surface area contributed by atoms with Crippen LogP contribution >= 0.6 is 23.1 Å². The van der Waals surface area contributed by atoms with Crippen molar-refractivity contribution in [1.29, 1.82) is 0 Å². The molecule has 1 fully saturated rings. The lowest BCUT2D eigenvalue weighted by Crippen LogP contribution is -2.22. The summed E-state index contributed by atoms with van der Waals surface area (Å²) in [7, 11) is 1.64. The Kier molecular flexibility index (Phi) is 5.89. The molecule has 0 unspecified atom stereocenters. The van der Waals surface area contributed by atoms with Crippen molar-refractivity contribution < 1.29 is 9.47 Å². The van der Waals surface area contributed by atoms with E-state index in [-0.39, 0.29) is 11.6 Å². The van der Waals surface area contributed by atoms with E-state index in [9.17, 15) is 4.79 Å². The average molecular weight is 466 g/mol. The van der Waals surface area contributed by atoms with Crippen LogP contribution in [0.15, 0.2) is 57.8 Å². The molecule has 0 spiro atoms. The van der Waals surface area contributed by atoms with E-state index in [1.807, 2.05) is 54.0 Å². The summed E-state index contributed by atoms with van der Waals surface area (Å²) in [4.78, 5) is 22.6. The molecule has 4 aromatic rings. The predicted octanol–water partition coefficient (Wildman–Crippen LogP) is 5.55. The monoisotopic (exact) mass is 465 g/mol. The van der Waals surface area contributed by atoms with Gasteiger partial charge in [0, 0.05) is 22.7 Å². The molecule has 2 heterocycles. The molecule has 6 nitrogen and oxygen atoms in total. The fourth-order valence-corrected chi connectivity index (χ4v) is 5.48. The van der Waals surface area contributed by atoms with E-state index in [0.717, 1.165) is 45.5 Å². The van der Waals surface area contributed by atoms with E-state index in [1.165, 1.54) is 0 Å². The Morgan fingerprint density at radius 2 is 2.00 bits per heavy atom. The van der Waals surface area contributed by atoms with Crippen molar-refractivity contribution in [3.05, 3.63) is 63.9 Å². The lowest BCUT2D eigenvalue weighted by atomic mass is 10.2. The molecule has 1 saturated carbocycles. The van der Waals surface area contributed by atoms with Crippen molar-refractivity contribution in [2.24, 2.45) is 0 Å². The number of para-hydroxylation sites is 1. The standard InChI is InChI=1S/C24H23N3O3S2/c1-3-30-20-11-8-15(12-21(20)29-2)22-25-16(13-31-22)14-32-24-26-19-7-5-4-6-18(19)23(28)27(24)17-9-10-17/h4-8,11-13,17H,3,9-10,14H2,1-2H3. The second kappa shape index (κ2) is 8.96. The van der Waals surface area contributed by atoms with Gasteiger partial charge in [0.25, 0.3) is 5.56 Å². The summed E-state index contributed by atoms with van der Waals surface area (Å²) in [6, 6.07) is 13.7. The van der Waals surface area contributed by atoms with Gasteiger partial charge in [0.15, 0.2) is 16.7 Å². The number of fused-ring (bicyclic) bond motifs is 1. The Balaban J connectivity index is 1.39. The van der Waals surface area contributed by atoms with Crippen molar-refractivity contribution >= 4 is 34.0 Å². The molecule has 0 atom stereocenters. The van der Waals surface area contributed by atoms with Crippen LogP contribution in [0.4, 0.5) is 0 Å². The Hall–Kier alpha value is -2.84. The third-order valence-corrected chi connectivity index (χ3v) is 7.23.